The molecule has 0 aromatic heterocycles. The molecule has 0 fully saturated rings. The maximum atomic E-state index is 8.58. The summed E-state index contributed by atoms with van der Waals surface area (Å²) in [4.78, 5) is 0. The van der Waals surface area contributed by atoms with Gasteiger partial charge in [0.1, 0.15) is 5.84 Å². The van der Waals surface area contributed by atoms with Crippen LogP contribution >= 0.6 is 0 Å². The molecule has 0 aliphatic heterocycles. The van der Waals surface area contributed by atoms with Crippen molar-refractivity contribution in [1.29, 1.82) is 0 Å². The Bertz CT molecular complexity index is 127. The lowest BCUT2D eigenvalue weighted by Gasteiger charge is -2.08. The predicted octanol–water partition coefficient (Wildman–Crippen LogP) is -0.907. The normalized spacial score (nSPS) is 14.9. The van der Waals surface area contributed by atoms with Gasteiger partial charge in [0.25, 0.3) is 0 Å². The van der Waals surface area contributed by atoms with Gasteiger partial charge in [-0.05, 0) is 6.92 Å². The summed E-state index contributed by atoms with van der Waals surface area (Å²) in [7, 11) is 0. The van der Waals surface area contributed by atoms with Crippen LogP contribution in [0.3, 0.4) is 0 Å². The number of hydrogen-bond acceptors (Lipinski definition) is 4. The summed E-state index contributed by atoms with van der Waals surface area (Å²) in [5.41, 5.74) is 5.20. The summed E-state index contributed by atoms with van der Waals surface area (Å²) in [6.45, 7) is 2.56. The van der Waals surface area contributed by atoms with Crippen LogP contribution in [0.2, 0.25) is 0 Å². The SMILES string of the molecule is CC(CO)NCCC(N)=NO. The van der Waals surface area contributed by atoms with Crippen LogP contribution in [-0.2, 0) is 0 Å². The zero-order valence-corrected chi connectivity index (χ0v) is 6.62. The van der Waals surface area contributed by atoms with Crippen LogP contribution in [0.25, 0.3) is 0 Å². The largest absolute Gasteiger partial charge is 0.409 e. The standard InChI is InChI=1S/C6H15N3O2/c1-5(4-10)8-3-2-6(7)9-11/h5,8,10-11H,2-4H2,1H3,(H2,7,9). The molecule has 5 heteroatoms. The van der Waals surface area contributed by atoms with Gasteiger partial charge in [0.05, 0.1) is 6.61 Å². The predicted molar refractivity (Wildman–Crippen MR) is 42.6 cm³/mol. The van der Waals surface area contributed by atoms with E-state index in [-0.39, 0.29) is 18.5 Å². The van der Waals surface area contributed by atoms with Crippen molar-refractivity contribution in [2.24, 2.45) is 10.9 Å². The Labute approximate surface area is 65.9 Å². The highest BCUT2D eigenvalue weighted by Crippen LogP contribution is 1.81. The monoisotopic (exact) mass is 161 g/mol. The molecule has 0 saturated carbocycles. The first-order valence-electron chi connectivity index (χ1n) is 3.51. The quantitative estimate of drug-likeness (QED) is 0.182. The topological polar surface area (TPSA) is 90.9 Å². The van der Waals surface area contributed by atoms with E-state index in [1.54, 1.807) is 0 Å². The molecule has 0 radical (unpaired) electrons. The summed E-state index contributed by atoms with van der Waals surface area (Å²) in [6, 6.07) is 0.0569. The van der Waals surface area contributed by atoms with Crippen molar-refractivity contribution < 1.29 is 10.3 Å². The highest BCUT2D eigenvalue weighted by atomic mass is 16.4. The minimum Gasteiger partial charge on any atom is -0.409 e. The smallest absolute Gasteiger partial charge is 0.140 e. The molecule has 0 bridgehead atoms. The molecule has 0 aliphatic rings. The van der Waals surface area contributed by atoms with Crippen LogP contribution < -0.4 is 11.1 Å². The molecule has 0 heterocycles. The Morgan fingerprint density at radius 2 is 2.36 bits per heavy atom. The van der Waals surface area contributed by atoms with Crippen LogP contribution in [0.1, 0.15) is 13.3 Å². The van der Waals surface area contributed by atoms with Crippen LogP contribution in [0.5, 0.6) is 0 Å². The van der Waals surface area contributed by atoms with Gasteiger partial charge in [0.15, 0.2) is 0 Å². The molecule has 0 aliphatic carbocycles. The van der Waals surface area contributed by atoms with Gasteiger partial charge >= 0.3 is 0 Å². The maximum Gasteiger partial charge on any atom is 0.140 e. The summed E-state index contributed by atoms with van der Waals surface area (Å²) >= 11 is 0. The summed E-state index contributed by atoms with van der Waals surface area (Å²) < 4.78 is 0. The first kappa shape index (κ1) is 10.2. The lowest BCUT2D eigenvalue weighted by atomic mass is 10.3. The average molecular weight is 161 g/mol. The van der Waals surface area contributed by atoms with Crippen molar-refractivity contribution in [3.8, 4) is 0 Å². The Kier molecular flexibility index (Phi) is 5.50. The number of nitrogens with one attached hydrogen (secondary N) is 1. The summed E-state index contributed by atoms with van der Waals surface area (Å²) in [5, 5.41) is 22.5. The Hall–Kier alpha value is -0.810. The van der Waals surface area contributed by atoms with Crippen molar-refractivity contribution in [3.63, 3.8) is 0 Å². The van der Waals surface area contributed by atoms with Gasteiger partial charge in [0, 0.05) is 19.0 Å². The molecule has 0 saturated heterocycles. The van der Waals surface area contributed by atoms with E-state index in [0.29, 0.717) is 13.0 Å². The lowest BCUT2D eigenvalue weighted by Crippen LogP contribution is -2.32. The molecular weight excluding hydrogens is 146 g/mol. The number of aliphatic hydroxyl groups excluding tert-OH is 1. The lowest BCUT2D eigenvalue weighted by molar-refractivity contribution is 0.252. The fourth-order valence-corrected chi connectivity index (χ4v) is 0.561. The molecule has 5 N–H and O–H groups in total. The number of oxime groups is 1. The molecule has 1 atom stereocenters. The second kappa shape index (κ2) is 5.94. The number of nitrogens with zero attached hydrogens (tertiary/aromatic N) is 1. The van der Waals surface area contributed by atoms with Gasteiger partial charge < -0.3 is 21.4 Å². The number of nitrogens with two attached hydrogens (primary N) is 1. The molecule has 0 amide bonds. The molecule has 1 unspecified atom stereocenters. The second-order valence-electron chi connectivity index (χ2n) is 2.38. The fourth-order valence-electron chi connectivity index (χ4n) is 0.561. The van der Waals surface area contributed by atoms with E-state index < -0.39 is 0 Å². The van der Waals surface area contributed by atoms with Crippen molar-refractivity contribution in [1.82, 2.24) is 5.32 Å². The summed E-state index contributed by atoms with van der Waals surface area (Å²) in [6.07, 6.45) is 0.487. The Balaban J connectivity index is 3.27. The number of hydrogen-bond donors (Lipinski definition) is 4. The zero-order valence-electron chi connectivity index (χ0n) is 6.62. The van der Waals surface area contributed by atoms with Gasteiger partial charge in [-0.2, -0.15) is 0 Å². The third-order valence-corrected chi connectivity index (χ3v) is 1.28. The number of aliphatic hydroxyl groups is 1. The van der Waals surface area contributed by atoms with E-state index in [4.69, 9.17) is 16.0 Å². The van der Waals surface area contributed by atoms with Gasteiger partial charge in [-0.1, -0.05) is 5.16 Å². The highest BCUT2D eigenvalue weighted by Gasteiger charge is 1.98. The van der Waals surface area contributed by atoms with Gasteiger partial charge in [-0.25, -0.2) is 0 Å². The van der Waals surface area contributed by atoms with E-state index in [9.17, 15) is 0 Å². The van der Waals surface area contributed by atoms with E-state index in [2.05, 4.69) is 10.5 Å². The van der Waals surface area contributed by atoms with E-state index in [1.165, 1.54) is 0 Å². The maximum absolute atomic E-state index is 8.58. The van der Waals surface area contributed by atoms with Gasteiger partial charge in [-0.3, -0.25) is 0 Å². The molecule has 0 spiro atoms. The van der Waals surface area contributed by atoms with Crippen LogP contribution in [0.4, 0.5) is 0 Å². The van der Waals surface area contributed by atoms with Crippen molar-refractivity contribution in [2.75, 3.05) is 13.2 Å². The van der Waals surface area contributed by atoms with Crippen molar-refractivity contribution in [3.05, 3.63) is 0 Å². The molecular formula is C6H15N3O2. The van der Waals surface area contributed by atoms with Gasteiger partial charge in [0.2, 0.25) is 0 Å². The molecule has 5 nitrogen and oxygen atoms in total. The van der Waals surface area contributed by atoms with Crippen LogP contribution in [-0.4, -0.2) is 35.3 Å². The Morgan fingerprint density at radius 3 is 2.82 bits per heavy atom. The molecule has 0 aromatic rings. The van der Waals surface area contributed by atoms with Crippen molar-refractivity contribution in [2.45, 2.75) is 19.4 Å². The third-order valence-electron chi connectivity index (χ3n) is 1.28. The molecule has 11 heavy (non-hydrogen) atoms. The summed E-state index contributed by atoms with van der Waals surface area (Å²) in [5.74, 6) is 0.197. The average Bonchev–Trinajstić information content (AvgIpc) is 2.04. The Morgan fingerprint density at radius 1 is 1.73 bits per heavy atom. The minimum atomic E-state index is 0.0569. The van der Waals surface area contributed by atoms with Gasteiger partial charge in [-0.15, -0.1) is 0 Å². The number of rotatable bonds is 5. The fraction of sp³-hybridized carbons (Fsp3) is 0.833. The minimum absolute atomic E-state index is 0.0569. The second-order valence-corrected chi connectivity index (χ2v) is 2.38. The third kappa shape index (κ3) is 5.63. The first-order valence-corrected chi connectivity index (χ1v) is 3.51. The van der Waals surface area contributed by atoms with Crippen LogP contribution in [0, 0.1) is 0 Å². The van der Waals surface area contributed by atoms with E-state index in [0.717, 1.165) is 0 Å². The highest BCUT2D eigenvalue weighted by molar-refractivity contribution is 5.79. The molecule has 0 rings (SSSR count). The molecule has 0 aromatic carbocycles. The van der Waals surface area contributed by atoms with Crippen LogP contribution in [0.15, 0.2) is 5.16 Å². The van der Waals surface area contributed by atoms with Crippen molar-refractivity contribution >= 4 is 5.84 Å². The van der Waals surface area contributed by atoms with E-state index >= 15 is 0 Å². The number of amidine groups is 1. The molecule has 66 valence electrons. The zero-order chi connectivity index (χ0) is 8.69. The first-order chi connectivity index (χ1) is 5.20. The van der Waals surface area contributed by atoms with E-state index in [1.807, 2.05) is 6.92 Å².